The normalized spacial score (nSPS) is 13.8. The second kappa shape index (κ2) is 5.07. The van der Waals surface area contributed by atoms with Crippen LogP contribution in [0.2, 0.25) is 0 Å². The van der Waals surface area contributed by atoms with Crippen LogP contribution in [0.15, 0.2) is 40.9 Å². The van der Waals surface area contributed by atoms with Gasteiger partial charge in [-0.3, -0.25) is 9.59 Å². The van der Waals surface area contributed by atoms with Gasteiger partial charge in [0, 0.05) is 0 Å². The first-order valence-corrected chi connectivity index (χ1v) is 7.17. The van der Waals surface area contributed by atoms with Gasteiger partial charge in [-0.25, -0.2) is 4.39 Å². The Labute approximate surface area is 129 Å². The van der Waals surface area contributed by atoms with Gasteiger partial charge in [-0.1, -0.05) is 29.8 Å². The minimum atomic E-state index is -0.622. The fourth-order valence-corrected chi connectivity index (χ4v) is 2.67. The van der Waals surface area contributed by atoms with E-state index >= 15 is 0 Å². The lowest BCUT2D eigenvalue weighted by molar-refractivity contribution is -0.114. The van der Waals surface area contributed by atoms with E-state index in [4.69, 9.17) is 0 Å². The molecule has 5 heteroatoms. The average Bonchev–Trinajstić information content (AvgIpc) is 2.67. The summed E-state index contributed by atoms with van der Waals surface area (Å²) in [4.78, 5) is 25.4. The van der Waals surface area contributed by atoms with Crippen molar-refractivity contribution in [2.75, 3.05) is 4.90 Å². The second-order valence-corrected chi connectivity index (χ2v) is 5.84. The molecule has 0 radical (unpaired) electrons. The van der Waals surface area contributed by atoms with E-state index in [1.54, 1.807) is 0 Å². The Morgan fingerprint density at radius 3 is 2.48 bits per heavy atom. The fourth-order valence-electron chi connectivity index (χ4n) is 2.32. The highest BCUT2D eigenvalue weighted by Gasteiger charge is 2.36. The van der Waals surface area contributed by atoms with E-state index in [1.165, 1.54) is 17.0 Å². The van der Waals surface area contributed by atoms with Crippen LogP contribution in [0.25, 0.3) is 0 Å². The molecule has 0 saturated carbocycles. The van der Waals surface area contributed by atoms with Gasteiger partial charge in [0.1, 0.15) is 5.82 Å². The molecule has 3 rings (SSSR count). The Bertz CT molecular complexity index is 756. The summed E-state index contributed by atoms with van der Waals surface area (Å²) in [6, 6.07) is 10.2. The molecule has 106 valence electrons. The molecular weight excluding hydrogens is 337 g/mol. The minimum Gasteiger partial charge on any atom is -0.300 e. The van der Waals surface area contributed by atoms with E-state index in [0.29, 0.717) is 5.69 Å². The number of halogens is 2. The third-order valence-electron chi connectivity index (χ3n) is 3.47. The molecule has 1 aliphatic heterocycles. The van der Waals surface area contributed by atoms with Crippen molar-refractivity contribution in [2.24, 2.45) is 0 Å². The number of carbonyl (C=O) groups is 2. The number of nitrogens with zero attached hydrogens (tertiary/aromatic N) is 1. The van der Waals surface area contributed by atoms with E-state index in [9.17, 15) is 14.0 Å². The van der Waals surface area contributed by atoms with E-state index < -0.39 is 17.5 Å². The first-order valence-electron chi connectivity index (χ1n) is 6.38. The molecule has 1 aliphatic rings. The first kappa shape index (κ1) is 13.9. The molecule has 2 aromatic rings. The second-order valence-electron chi connectivity index (χ2n) is 4.99. The number of benzene rings is 2. The Morgan fingerprint density at radius 2 is 1.81 bits per heavy atom. The summed E-state index contributed by atoms with van der Waals surface area (Å²) in [5.74, 6) is -1.72. The lowest BCUT2D eigenvalue weighted by atomic mass is 10.1. The molecule has 3 nitrogen and oxygen atoms in total. The number of rotatable bonds is 2. The molecule has 1 heterocycles. The van der Waals surface area contributed by atoms with Crippen molar-refractivity contribution in [2.45, 2.75) is 13.5 Å². The largest absolute Gasteiger partial charge is 0.300 e. The van der Waals surface area contributed by atoms with E-state index in [1.807, 2.05) is 31.2 Å². The van der Waals surface area contributed by atoms with Crippen LogP contribution in [0.4, 0.5) is 10.1 Å². The molecule has 0 atom stereocenters. The van der Waals surface area contributed by atoms with Crippen LogP contribution in [-0.4, -0.2) is 11.7 Å². The van der Waals surface area contributed by atoms with Crippen LogP contribution in [0, 0.1) is 12.7 Å². The summed E-state index contributed by atoms with van der Waals surface area (Å²) in [7, 11) is 0. The van der Waals surface area contributed by atoms with Crippen LogP contribution < -0.4 is 4.90 Å². The molecular formula is C16H11BrFNO2. The Kier molecular flexibility index (Phi) is 3.37. The maximum atomic E-state index is 13.7. The number of hydrogen-bond acceptors (Lipinski definition) is 2. The van der Waals surface area contributed by atoms with Gasteiger partial charge in [0.15, 0.2) is 0 Å². The van der Waals surface area contributed by atoms with Gasteiger partial charge in [0.05, 0.1) is 22.3 Å². The fraction of sp³-hybridized carbons (Fsp3) is 0.125. The van der Waals surface area contributed by atoms with E-state index in [-0.39, 0.29) is 16.6 Å². The molecule has 0 spiro atoms. The third-order valence-corrected chi connectivity index (χ3v) is 4.08. The van der Waals surface area contributed by atoms with Crippen LogP contribution in [-0.2, 0) is 11.3 Å². The average molecular weight is 348 g/mol. The minimum absolute atomic E-state index is 0.180. The number of hydrogen-bond donors (Lipinski definition) is 0. The number of ketones is 1. The van der Waals surface area contributed by atoms with Crippen molar-refractivity contribution < 1.29 is 14.0 Å². The van der Waals surface area contributed by atoms with E-state index in [0.717, 1.165) is 11.1 Å². The highest BCUT2D eigenvalue weighted by Crippen LogP contribution is 2.34. The molecule has 0 saturated heterocycles. The summed E-state index contributed by atoms with van der Waals surface area (Å²) in [6.45, 7) is 2.22. The van der Waals surface area contributed by atoms with E-state index in [2.05, 4.69) is 15.9 Å². The number of amides is 1. The van der Waals surface area contributed by atoms with Gasteiger partial charge in [-0.05, 0) is 40.5 Å². The zero-order valence-electron chi connectivity index (χ0n) is 11.2. The SMILES string of the molecule is Cc1ccc(CN2C(=O)C(=O)c3cc(Br)c(F)cc32)cc1. The molecule has 0 bridgehead atoms. The first-order chi connectivity index (χ1) is 9.97. The van der Waals surface area contributed by atoms with Gasteiger partial charge in [-0.2, -0.15) is 0 Å². The molecule has 0 unspecified atom stereocenters. The zero-order valence-corrected chi connectivity index (χ0v) is 12.8. The number of carbonyl (C=O) groups excluding carboxylic acids is 2. The zero-order chi connectivity index (χ0) is 15.1. The van der Waals surface area contributed by atoms with Gasteiger partial charge in [0.25, 0.3) is 11.7 Å². The maximum Gasteiger partial charge on any atom is 0.299 e. The summed E-state index contributed by atoms with van der Waals surface area (Å²) in [6.07, 6.45) is 0. The smallest absolute Gasteiger partial charge is 0.299 e. The Balaban J connectivity index is 2.01. The van der Waals surface area contributed by atoms with Gasteiger partial charge in [-0.15, -0.1) is 0 Å². The summed E-state index contributed by atoms with van der Waals surface area (Å²) in [5, 5.41) is 0. The number of aryl methyl sites for hydroxylation is 1. The van der Waals surface area contributed by atoms with Crippen LogP contribution in [0.1, 0.15) is 21.5 Å². The predicted octanol–water partition coefficient (Wildman–Crippen LogP) is 3.63. The summed E-state index contributed by atoms with van der Waals surface area (Å²) < 4.78 is 13.9. The van der Waals surface area contributed by atoms with Gasteiger partial charge < -0.3 is 4.90 Å². The highest BCUT2D eigenvalue weighted by atomic mass is 79.9. The quantitative estimate of drug-likeness (QED) is 0.778. The van der Waals surface area contributed by atoms with Crippen LogP contribution in [0.5, 0.6) is 0 Å². The number of fused-ring (bicyclic) bond motifs is 1. The third kappa shape index (κ3) is 2.38. The van der Waals surface area contributed by atoms with Crippen molar-refractivity contribution in [3.8, 4) is 0 Å². The van der Waals surface area contributed by atoms with Crippen LogP contribution in [0.3, 0.4) is 0 Å². The van der Waals surface area contributed by atoms with Gasteiger partial charge >= 0.3 is 0 Å². The van der Waals surface area contributed by atoms with Crippen molar-refractivity contribution >= 4 is 33.3 Å². The summed E-state index contributed by atoms with van der Waals surface area (Å²) in [5.41, 5.74) is 2.56. The van der Waals surface area contributed by atoms with Crippen molar-refractivity contribution in [1.29, 1.82) is 0 Å². The predicted molar refractivity (Wildman–Crippen MR) is 80.8 cm³/mol. The Morgan fingerprint density at radius 1 is 1.14 bits per heavy atom. The van der Waals surface area contributed by atoms with Crippen molar-refractivity contribution in [3.05, 3.63) is 63.4 Å². The number of Topliss-reactive ketones (excluding diaryl/α,β-unsaturated/α-hetero) is 1. The standard InChI is InChI=1S/C16H11BrFNO2/c1-9-2-4-10(5-3-9)8-19-14-7-13(18)12(17)6-11(14)15(20)16(19)21/h2-7H,8H2,1H3. The lowest BCUT2D eigenvalue weighted by Crippen LogP contribution is -2.29. The highest BCUT2D eigenvalue weighted by molar-refractivity contribution is 9.10. The molecule has 1 amide bonds. The maximum absolute atomic E-state index is 13.7. The molecule has 21 heavy (non-hydrogen) atoms. The molecule has 2 aromatic carbocycles. The van der Waals surface area contributed by atoms with Crippen molar-refractivity contribution in [1.82, 2.24) is 0 Å². The monoisotopic (exact) mass is 347 g/mol. The lowest BCUT2D eigenvalue weighted by Gasteiger charge is -2.17. The van der Waals surface area contributed by atoms with Crippen LogP contribution >= 0.6 is 15.9 Å². The van der Waals surface area contributed by atoms with Gasteiger partial charge in [0.2, 0.25) is 0 Å². The molecule has 0 fully saturated rings. The molecule has 0 aromatic heterocycles. The Hall–Kier alpha value is -2.01. The number of anilines is 1. The summed E-state index contributed by atoms with van der Waals surface area (Å²) >= 11 is 3.03. The molecule has 0 aliphatic carbocycles. The molecule has 0 N–H and O–H groups in total. The van der Waals surface area contributed by atoms with Crippen molar-refractivity contribution in [3.63, 3.8) is 0 Å². The topological polar surface area (TPSA) is 37.4 Å².